The van der Waals surface area contributed by atoms with E-state index in [0.717, 1.165) is 55.2 Å². The minimum Gasteiger partial charge on any atom is -0.497 e. The first kappa shape index (κ1) is 25.9. The SMILES string of the molecule is C=CCNC(=NCc1nnc(C)n1C)NC1CCN(Cc2cc(OC)cc(OC)c2)C1.I. The topological polar surface area (TPSA) is 88.8 Å². The number of aliphatic imine (C=N–C) groups is 1. The van der Waals surface area contributed by atoms with E-state index < -0.39 is 0 Å². The Morgan fingerprint density at radius 1 is 1.25 bits per heavy atom. The lowest BCUT2D eigenvalue weighted by atomic mass is 10.2. The Kier molecular flexibility index (Phi) is 10.2. The quantitative estimate of drug-likeness (QED) is 0.213. The van der Waals surface area contributed by atoms with Crippen LogP contribution in [0.3, 0.4) is 0 Å². The van der Waals surface area contributed by atoms with Gasteiger partial charge in [0.15, 0.2) is 11.8 Å². The molecule has 0 saturated carbocycles. The van der Waals surface area contributed by atoms with Crippen molar-refractivity contribution in [3.63, 3.8) is 0 Å². The maximum Gasteiger partial charge on any atom is 0.192 e. The summed E-state index contributed by atoms with van der Waals surface area (Å²) in [5.74, 6) is 4.09. The second kappa shape index (κ2) is 12.6. The molecule has 3 rings (SSSR count). The van der Waals surface area contributed by atoms with Crippen molar-refractivity contribution in [2.75, 3.05) is 33.9 Å². The smallest absolute Gasteiger partial charge is 0.192 e. The summed E-state index contributed by atoms with van der Waals surface area (Å²) in [6.07, 6.45) is 2.86. The molecule has 1 saturated heterocycles. The van der Waals surface area contributed by atoms with E-state index in [0.29, 0.717) is 19.1 Å². The third-order valence-corrected chi connectivity index (χ3v) is 5.41. The molecule has 2 aromatic rings. The maximum atomic E-state index is 5.39. The van der Waals surface area contributed by atoms with Crippen LogP contribution >= 0.6 is 24.0 Å². The molecular weight excluding hydrogens is 521 g/mol. The summed E-state index contributed by atoms with van der Waals surface area (Å²) in [6.45, 7) is 9.60. The summed E-state index contributed by atoms with van der Waals surface area (Å²) in [7, 11) is 5.30. The number of guanidine groups is 1. The predicted octanol–water partition coefficient (Wildman–Crippen LogP) is 2.25. The lowest BCUT2D eigenvalue weighted by Crippen LogP contribution is -2.44. The van der Waals surface area contributed by atoms with Crippen molar-refractivity contribution >= 4 is 29.9 Å². The van der Waals surface area contributed by atoms with Crippen LogP contribution in [0, 0.1) is 6.92 Å². The van der Waals surface area contributed by atoms with Crippen LogP contribution in [0.15, 0.2) is 35.8 Å². The lowest BCUT2D eigenvalue weighted by molar-refractivity contribution is 0.321. The summed E-state index contributed by atoms with van der Waals surface area (Å²) >= 11 is 0. The summed E-state index contributed by atoms with van der Waals surface area (Å²) in [5.41, 5.74) is 1.17. The zero-order valence-electron chi connectivity index (χ0n) is 19.3. The van der Waals surface area contributed by atoms with Crippen molar-refractivity contribution in [2.45, 2.75) is 32.5 Å². The van der Waals surface area contributed by atoms with Crippen LogP contribution in [0.5, 0.6) is 11.5 Å². The number of nitrogens with one attached hydrogen (secondary N) is 2. The average Bonchev–Trinajstić information content (AvgIpc) is 3.35. The number of hydrogen-bond donors (Lipinski definition) is 2. The Labute approximate surface area is 207 Å². The largest absolute Gasteiger partial charge is 0.497 e. The van der Waals surface area contributed by atoms with Gasteiger partial charge in [-0.05, 0) is 31.0 Å². The van der Waals surface area contributed by atoms with Crippen molar-refractivity contribution in [1.82, 2.24) is 30.3 Å². The van der Waals surface area contributed by atoms with E-state index >= 15 is 0 Å². The number of halogens is 1. The first-order chi connectivity index (χ1) is 15.0. The zero-order valence-corrected chi connectivity index (χ0v) is 21.6. The van der Waals surface area contributed by atoms with Crippen LogP contribution in [0.4, 0.5) is 0 Å². The van der Waals surface area contributed by atoms with E-state index in [1.165, 1.54) is 5.56 Å². The number of aryl methyl sites for hydroxylation is 1. The molecule has 0 radical (unpaired) electrons. The van der Waals surface area contributed by atoms with Crippen molar-refractivity contribution in [3.8, 4) is 11.5 Å². The zero-order chi connectivity index (χ0) is 22.2. The van der Waals surface area contributed by atoms with E-state index in [9.17, 15) is 0 Å². The Balaban J connectivity index is 0.00000363. The van der Waals surface area contributed by atoms with Crippen molar-refractivity contribution < 1.29 is 9.47 Å². The van der Waals surface area contributed by atoms with Gasteiger partial charge in [-0.2, -0.15) is 0 Å². The van der Waals surface area contributed by atoms with Crippen LogP contribution < -0.4 is 20.1 Å². The first-order valence-corrected chi connectivity index (χ1v) is 10.5. The van der Waals surface area contributed by atoms with E-state index in [4.69, 9.17) is 14.5 Å². The molecule has 0 aliphatic carbocycles. The summed E-state index contributed by atoms with van der Waals surface area (Å²) in [5, 5.41) is 15.1. The van der Waals surface area contributed by atoms with Crippen LogP contribution in [-0.4, -0.2) is 65.5 Å². The molecule has 1 fully saturated rings. The summed E-state index contributed by atoms with van der Waals surface area (Å²) < 4.78 is 12.7. The van der Waals surface area contributed by atoms with Gasteiger partial charge in [0.25, 0.3) is 0 Å². The molecule has 32 heavy (non-hydrogen) atoms. The van der Waals surface area contributed by atoms with Gasteiger partial charge in [0, 0.05) is 45.3 Å². The fourth-order valence-corrected chi connectivity index (χ4v) is 3.56. The van der Waals surface area contributed by atoms with Crippen LogP contribution in [0.2, 0.25) is 0 Å². The Bertz CT molecular complexity index is 893. The number of ether oxygens (including phenoxy) is 2. The number of nitrogens with zero attached hydrogens (tertiary/aromatic N) is 5. The molecule has 1 aromatic heterocycles. The molecular formula is C22H34IN7O2. The van der Waals surface area contributed by atoms with Gasteiger partial charge in [-0.1, -0.05) is 6.08 Å². The average molecular weight is 555 g/mol. The van der Waals surface area contributed by atoms with Gasteiger partial charge in [-0.25, -0.2) is 4.99 Å². The normalized spacial score (nSPS) is 16.4. The fraction of sp³-hybridized carbons (Fsp3) is 0.500. The summed E-state index contributed by atoms with van der Waals surface area (Å²) in [4.78, 5) is 7.11. The number of rotatable bonds is 9. The maximum absolute atomic E-state index is 5.39. The van der Waals surface area contributed by atoms with Gasteiger partial charge in [0.2, 0.25) is 0 Å². The highest BCUT2D eigenvalue weighted by Crippen LogP contribution is 2.24. The van der Waals surface area contributed by atoms with Gasteiger partial charge in [-0.15, -0.1) is 40.8 Å². The van der Waals surface area contributed by atoms with Crippen LogP contribution in [0.1, 0.15) is 23.6 Å². The van der Waals surface area contributed by atoms with Gasteiger partial charge >= 0.3 is 0 Å². The van der Waals surface area contributed by atoms with Crippen LogP contribution in [-0.2, 0) is 20.1 Å². The predicted molar refractivity (Wildman–Crippen MR) is 137 cm³/mol. The minimum atomic E-state index is 0. The minimum absolute atomic E-state index is 0. The number of aromatic nitrogens is 3. The van der Waals surface area contributed by atoms with E-state index in [1.807, 2.05) is 30.7 Å². The van der Waals surface area contributed by atoms with Crippen LogP contribution in [0.25, 0.3) is 0 Å². The fourth-order valence-electron chi connectivity index (χ4n) is 3.56. The number of hydrogen-bond acceptors (Lipinski definition) is 6. The van der Waals surface area contributed by atoms with Crippen molar-refractivity contribution in [1.29, 1.82) is 0 Å². The molecule has 1 aliphatic rings. The third kappa shape index (κ3) is 7.09. The molecule has 0 bridgehead atoms. The monoisotopic (exact) mass is 555 g/mol. The molecule has 2 heterocycles. The molecule has 1 unspecified atom stereocenters. The molecule has 9 nitrogen and oxygen atoms in total. The summed E-state index contributed by atoms with van der Waals surface area (Å²) in [6, 6.07) is 6.32. The molecule has 0 amide bonds. The molecule has 2 N–H and O–H groups in total. The third-order valence-electron chi connectivity index (χ3n) is 5.41. The number of methoxy groups -OCH3 is 2. The van der Waals surface area contributed by atoms with Crippen molar-refractivity contribution in [3.05, 3.63) is 48.1 Å². The van der Waals surface area contributed by atoms with E-state index in [-0.39, 0.29) is 24.0 Å². The van der Waals surface area contributed by atoms with Gasteiger partial charge in [0.1, 0.15) is 23.9 Å². The van der Waals surface area contributed by atoms with Gasteiger partial charge < -0.3 is 24.7 Å². The van der Waals surface area contributed by atoms with Gasteiger partial charge in [0.05, 0.1) is 14.2 Å². The highest BCUT2D eigenvalue weighted by molar-refractivity contribution is 14.0. The Hall–Kier alpha value is -2.34. The van der Waals surface area contributed by atoms with Crippen molar-refractivity contribution in [2.24, 2.45) is 12.0 Å². The molecule has 176 valence electrons. The standard InChI is InChI=1S/C22H33N7O2.HI/c1-6-8-23-22(24-13-21-27-26-16(2)28(21)3)25-18-7-9-29(15-18)14-17-10-19(30-4)12-20(11-17)31-5;/h6,10-12,18H,1,7-9,13-15H2,2-5H3,(H2,23,24,25);1H. The highest BCUT2D eigenvalue weighted by Gasteiger charge is 2.23. The Morgan fingerprint density at radius 2 is 1.97 bits per heavy atom. The Morgan fingerprint density at radius 3 is 2.56 bits per heavy atom. The molecule has 1 aromatic carbocycles. The molecule has 0 spiro atoms. The first-order valence-electron chi connectivity index (χ1n) is 10.5. The highest BCUT2D eigenvalue weighted by atomic mass is 127. The number of likely N-dealkylation sites (tertiary alicyclic amines) is 1. The second-order valence-corrected chi connectivity index (χ2v) is 7.64. The molecule has 1 atom stereocenters. The second-order valence-electron chi connectivity index (χ2n) is 7.64. The molecule has 1 aliphatic heterocycles. The number of benzene rings is 1. The lowest BCUT2D eigenvalue weighted by Gasteiger charge is -2.19. The molecule has 10 heteroatoms. The van der Waals surface area contributed by atoms with Gasteiger partial charge in [-0.3, -0.25) is 4.90 Å². The van der Waals surface area contributed by atoms with E-state index in [1.54, 1.807) is 14.2 Å². The van der Waals surface area contributed by atoms with E-state index in [2.05, 4.69) is 44.4 Å².